The van der Waals surface area contributed by atoms with Crippen LogP contribution >= 0.6 is 11.3 Å². The first-order valence-electron chi connectivity index (χ1n) is 7.40. The summed E-state index contributed by atoms with van der Waals surface area (Å²) in [5.74, 6) is 0. The summed E-state index contributed by atoms with van der Waals surface area (Å²) in [6, 6.07) is 4.96. The van der Waals surface area contributed by atoms with E-state index in [2.05, 4.69) is 34.7 Å². The minimum atomic E-state index is 0.583. The number of ether oxygens (including phenoxy) is 1. The average Bonchev–Trinajstić information content (AvgIpc) is 2.92. The molecule has 1 saturated heterocycles. The van der Waals surface area contributed by atoms with Gasteiger partial charge in [-0.05, 0) is 44.2 Å². The Labute approximate surface area is 121 Å². The molecule has 1 aromatic heterocycles. The lowest BCUT2D eigenvalue weighted by atomic mass is 10.2. The number of thiophene rings is 1. The molecule has 1 aliphatic rings. The Balaban J connectivity index is 1.48. The van der Waals surface area contributed by atoms with Gasteiger partial charge in [0.05, 0.1) is 13.2 Å². The van der Waals surface area contributed by atoms with Crippen LogP contribution in [0.25, 0.3) is 0 Å². The summed E-state index contributed by atoms with van der Waals surface area (Å²) in [4.78, 5) is 4.01. The summed E-state index contributed by atoms with van der Waals surface area (Å²) in [5, 5.41) is 5.80. The number of morpholine rings is 1. The van der Waals surface area contributed by atoms with Gasteiger partial charge < -0.3 is 10.1 Å². The highest BCUT2D eigenvalue weighted by Gasteiger charge is 2.12. The highest BCUT2D eigenvalue weighted by molar-refractivity contribution is 7.09. The number of unbranched alkanes of at least 4 members (excludes halogenated alkanes) is 1. The second-order valence-corrected chi connectivity index (χ2v) is 6.34. The Hall–Kier alpha value is -0.420. The molecule has 3 nitrogen and oxygen atoms in total. The Kier molecular flexibility index (Phi) is 6.85. The molecular formula is C15H26N2OS. The van der Waals surface area contributed by atoms with Crippen LogP contribution < -0.4 is 5.32 Å². The van der Waals surface area contributed by atoms with Crippen LogP contribution in [0.1, 0.15) is 24.6 Å². The number of nitrogens with zero attached hydrogens (tertiary/aromatic N) is 1. The van der Waals surface area contributed by atoms with Crippen LogP contribution in [0.2, 0.25) is 0 Å². The molecule has 0 bridgehead atoms. The van der Waals surface area contributed by atoms with Gasteiger partial charge in [-0.2, -0.15) is 0 Å². The van der Waals surface area contributed by atoms with E-state index in [0.717, 1.165) is 39.4 Å². The Morgan fingerprint density at radius 2 is 2.21 bits per heavy atom. The SMILES string of the molecule is CC(CN1CCOCC1)NCCCCc1cccs1. The molecule has 0 amide bonds. The molecule has 0 radical (unpaired) electrons. The van der Waals surface area contributed by atoms with Crippen molar-refractivity contribution >= 4 is 11.3 Å². The monoisotopic (exact) mass is 282 g/mol. The fourth-order valence-electron chi connectivity index (χ4n) is 2.46. The maximum absolute atomic E-state index is 5.37. The van der Waals surface area contributed by atoms with Crippen LogP contribution in [0.5, 0.6) is 0 Å². The van der Waals surface area contributed by atoms with Gasteiger partial charge in [0.2, 0.25) is 0 Å². The topological polar surface area (TPSA) is 24.5 Å². The van der Waals surface area contributed by atoms with E-state index >= 15 is 0 Å². The first-order valence-corrected chi connectivity index (χ1v) is 8.28. The lowest BCUT2D eigenvalue weighted by molar-refractivity contribution is 0.0344. The second kappa shape index (κ2) is 8.69. The Bertz CT molecular complexity index is 323. The van der Waals surface area contributed by atoms with Crippen LogP contribution in [-0.4, -0.2) is 50.3 Å². The number of rotatable bonds is 8. The third-order valence-electron chi connectivity index (χ3n) is 3.56. The lowest BCUT2D eigenvalue weighted by Crippen LogP contribution is -2.44. The van der Waals surface area contributed by atoms with Crippen molar-refractivity contribution in [2.75, 3.05) is 39.4 Å². The smallest absolute Gasteiger partial charge is 0.0594 e. The molecule has 108 valence electrons. The molecule has 0 aliphatic carbocycles. The van der Waals surface area contributed by atoms with Crippen molar-refractivity contribution in [3.63, 3.8) is 0 Å². The van der Waals surface area contributed by atoms with Gasteiger partial charge in [0, 0.05) is 30.6 Å². The molecule has 2 heterocycles. The van der Waals surface area contributed by atoms with Gasteiger partial charge >= 0.3 is 0 Å². The molecule has 1 aliphatic heterocycles. The fraction of sp³-hybridized carbons (Fsp3) is 0.733. The summed E-state index contributed by atoms with van der Waals surface area (Å²) in [7, 11) is 0. The van der Waals surface area contributed by atoms with Crippen molar-refractivity contribution in [1.82, 2.24) is 10.2 Å². The standard InChI is InChI=1S/C15H26N2OS/c1-14(13-17-8-10-18-11-9-17)16-7-3-2-5-15-6-4-12-19-15/h4,6,12,14,16H,2-3,5,7-11,13H2,1H3. The Morgan fingerprint density at radius 1 is 1.37 bits per heavy atom. The fourth-order valence-corrected chi connectivity index (χ4v) is 3.21. The third-order valence-corrected chi connectivity index (χ3v) is 4.49. The minimum absolute atomic E-state index is 0.583. The van der Waals surface area contributed by atoms with E-state index in [-0.39, 0.29) is 0 Å². The molecule has 1 fully saturated rings. The zero-order valence-corrected chi connectivity index (χ0v) is 12.8. The van der Waals surface area contributed by atoms with Crippen molar-refractivity contribution in [3.05, 3.63) is 22.4 Å². The van der Waals surface area contributed by atoms with E-state index in [1.54, 1.807) is 0 Å². The van der Waals surface area contributed by atoms with Crippen LogP contribution in [-0.2, 0) is 11.2 Å². The summed E-state index contributed by atoms with van der Waals surface area (Å²) in [6.07, 6.45) is 3.79. The molecule has 0 aromatic carbocycles. The van der Waals surface area contributed by atoms with Gasteiger partial charge in [-0.3, -0.25) is 4.90 Å². The van der Waals surface area contributed by atoms with Gasteiger partial charge in [0.15, 0.2) is 0 Å². The number of aryl methyl sites for hydroxylation is 1. The number of hydrogen-bond donors (Lipinski definition) is 1. The molecule has 4 heteroatoms. The molecule has 1 N–H and O–H groups in total. The third kappa shape index (κ3) is 6.04. The van der Waals surface area contributed by atoms with E-state index in [1.807, 2.05) is 11.3 Å². The summed E-state index contributed by atoms with van der Waals surface area (Å²) < 4.78 is 5.37. The average molecular weight is 282 g/mol. The normalized spacial score (nSPS) is 18.6. The molecule has 0 saturated carbocycles. The predicted octanol–water partition coefficient (Wildman–Crippen LogP) is 2.38. The van der Waals surface area contributed by atoms with Crippen LogP contribution in [0, 0.1) is 0 Å². The highest BCUT2D eigenvalue weighted by Crippen LogP contribution is 2.11. The molecule has 2 rings (SSSR count). The molecular weight excluding hydrogens is 256 g/mol. The van der Waals surface area contributed by atoms with Crippen molar-refractivity contribution in [2.45, 2.75) is 32.2 Å². The van der Waals surface area contributed by atoms with Gasteiger partial charge in [-0.1, -0.05) is 6.07 Å². The summed E-state index contributed by atoms with van der Waals surface area (Å²) >= 11 is 1.87. The summed E-state index contributed by atoms with van der Waals surface area (Å²) in [6.45, 7) is 8.54. The first kappa shape index (κ1) is 15.0. The summed E-state index contributed by atoms with van der Waals surface area (Å²) in [5.41, 5.74) is 0. The maximum atomic E-state index is 5.37. The van der Waals surface area contributed by atoms with E-state index < -0.39 is 0 Å². The van der Waals surface area contributed by atoms with Gasteiger partial charge in [0.25, 0.3) is 0 Å². The quantitative estimate of drug-likeness (QED) is 0.741. The molecule has 0 spiro atoms. The van der Waals surface area contributed by atoms with E-state index in [9.17, 15) is 0 Å². The number of nitrogens with one attached hydrogen (secondary N) is 1. The van der Waals surface area contributed by atoms with E-state index in [4.69, 9.17) is 4.74 Å². The largest absolute Gasteiger partial charge is 0.379 e. The van der Waals surface area contributed by atoms with Gasteiger partial charge in [-0.15, -0.1) is 11.3 Å². The maximum Gasteiger partial charge on any atom is 0.0594 e. The lowest BCUT2D eigenvalue weighted by Gasteiger charge is -2.29. The van der Waals surface area contributed by atoms with Gasteiger partial charge in [0.1, 0.15) is 0 Å². The molecule has 1 atom stereocenters. The first-order chi connectivity index (χ1) is 9.34. The zero-order chi connectivity index (χ0) is 13.3. The van der Waals surface area contributed by atoms with E-state index in [0.29, 0.717) is 6.04 Å². The van der Waals surface area contributed by atoms with Crippen LogP contribution in [0.15, 0.2) is 17.5 Å². The van der Waals surface area contributed by atoms with E-state index in [1.165, 1.54) is 24.1 Å². The molecule has 1 aromatic rings. The van der Waals surface area contributed by atoms with Crippen LogP contribution in [0.3, 0.4) is 0 Å². The van der Waals surface area contributed by atoms with Crippen molar-refractivity contribution in [1.29, 1.82) is 0 Å². The van der Waals surface area contributed by atoms with Crippen molar-refractivity contribution in [2.24, 2.45) is 0 Å². The molecule has 1 unspecified atom stereocenters. The zero-order valence-electron chi connectivity index (χ0n) is 11.9. The second-order valence-electron chi connectivity index (χ2n) is 5.30. The highest BCUT2D eigenvalue weighted by atomic mass is 32.1. The van der Waals surface area contributed by atoms with Crippen LogP contribution in [0.4, 0.5) is 0 Å². The minimum Gasteiger partial charge on any atom is -0.379 e. The Morgan fingerprint density at radius 3 is 2.95 bits per heavy atom. The van der Waals surface area contributed by atoms with Crippen molar-refractivity contribution < 1.29 is 4.74 Å². The van der Waals surface area contributed by atoms with Crippen molar-refractivity contribution in [3.8, 4) is 0 Å². The van der Waals surface area contributed by atoms with Gasteiger partial charge in [-0.25, -0.2) is 0 Å². The molecule has 19 heavy (non-hydrogen) atoms. The predicted molar refractivity (Wildman–Crippen MR) is 82.0 cm³/mol. The number of hydrogen-bond acceptors (Lipinski definition) is 4.